The van der Waals surface area contributed by atoms with Gasteiger partial charge in [0.15, 0.2) is 5.69 Å². The molecule has 2 aromatic heterocycles. The molecular weight excluding hydrogens is 242 g/mol. The van der Waals surface area contributed by atoms with Crippen molar-refractivity contribution in [1.82, 2.24) is 20.0 Å². The summed E-state index contributed by atoms with van der Waals surface area (Å²) in [6, 6.07) is 9.43. The van der Waals surface area contributed by atoms with Crippen molar-refractivity contribution in [2.75, 3.05) is 5.32 Å². The van der Waals surface area contributed by atoms with Gasteiger partial charge in [0, 0.05) is 18.6 Å². The summed E-state index contributed by atoms with van der Waals surface area (Å²) in [5, 5.41) is 11.3. The number of nitrogens with zero attached hydrogens (tertiary/aromatic N) is 4. The van der Waals surface area contributed by atoms with Crippen molar-refractivity contribution in [3.63, 3.8) is 0 Å². The quantitative estimate of drug-likeness (QED) is 0.753. The zero-order chi connectivity index (χ0) is 13.2. The third kappa shape index (κ3) is 2.15. The number of pyridine rings is 1. The van der Waals surface area contributed by atoms with E-state index in [1.807, 2.05) is 30.3 Å². The van der Waals surface area contributed by atoms with Gasteiger partial charge in [-0.3, -0.25) is 14.5 Å². The van der Waals surface area contributed by atoms with Crippen LogP contribution in [-0.4, -0.2) is 25.9 Å². The number of benzene rings is 1. The number of para-hydroxylation sites is 1. The molecule has 0 saturated heterocycles. The zero-order valence-corrected chi connectivity index (χ0v) is 10.2. The Kier molecular flexibility index (Phi) is 2.68. The first-order chi connectivity index (χ1) is 9.24. The van der Waals surface area contributed by atoms with Gasteiger partial charge in [0.25, 0.3) is 5.91 Å². The van der Waals surface area contributed by atoms with Gasteiger partial charge in [-0.25, -0.2) is 0 Å². The number of anilines is 1. The van der Waals surface area contributed by atoms with Crippen molar-refractivity contribution in [1.29, 1.82) is 0 Å². The van der Waals surface area contributed by atoms with Crippen LogP contribution in [0.1, 0.15) is 10.5 Å². The summed E-state index contributed by atoms with van der Waals surface area (Å²) in [6.45, 7) is 0. The maximum atomic E-state index is 12.0. The highest BCUT2D eigenvalue weighted by molar-refractivity contribution is 6.07. The highest BCUT2D eigenvalue weighted by Gasteiger charge is 2.11. The van der Waals surface area contributed by atoms with Crippen LogP contribution >= 0.6 is 0 Å². The van der Waals surface area contributed by atoms with Gasteiger partial charge in [-0.1, -0.05) is 23.4 Å². The minimum absolute atomic E-state index is 0.274. The first-order valence-corrected chi connectivity index (χ1v) is 5.75. The highest BCUT2D eigenvalue weighted by Crippen LogP contribution is 2.20. The lowest BCUT2D eigenvalue weighted by Crippen LogP contribution is -2.12. The summed E-state index contributed by atoms with van der Waals surface area (Å²) in [5.74, 6) is -0.300. The summed E-state index contributed by atoms with van der Waals surface area (Å²) in [6.07, 6.45) is 3.26. The van der Waals surface area contributed by atoms with E-state index in [4.69, 9.17) is 0 Å². The van der Waals surface area contributed by atoms with E-state index in [2.05, 4.69) is 20.6 Å². The molecule has 0 atom stereocenters. The standard InChI is InChI=1S/C13H11N5O/c1-18-8-11(16-17-18)13(19)15-10-6-2-4-9-5-3-7-14-12(9)10/h2-8H,1H3,(H,15,19). The number of fused-ring (bicyclic) bond motifs is 1. The van der Waals surface area contributed by atoms with E-state index in [1.165, 1.54) is 4.68 Å². The molecule has 1 N–H and O–H groups in total. The molecule has 0 aliphatic heterocycles. The summed E-state index contributed by atoms with van der Waals surface area (Å²) in [7, 11) is 1.71. The lowest BCUT2D eigenvalue weighted by Gasteiger charge is -2.06. The van der Waals surface area contributed by atoms with E-state index in [0.29, 0.717) is 5.69 Å². The molecule has 2 heterocycles. The molecule has 0 spiro atoms. The second-order valence-corrected chi connectivity index (χ2v) is 4.11. The van der Waals surface area contributed by atoms with Gasteiger partial charge in [0.2, 0.25) is 0 Å². The van der Waals surface area contributed by atoms with Gasteiger partial charge < -0.3 is 5.32 Å². The number of carbonyl (C=O) groups excluding carboxylic acids is 1. The Morgan fingerprint density at radius 1 is 1.26 bits per heavy atom. The third-order valence-electron chi connectivity index (χ3n) is 2.72. The Morgan fingerprint density at radius 3 is 2.89 bits per heavy atom. The zero-order valence-electron chi connectivity index (χ0n) is 10.2. The molecule has 0 aliphatic rings. The fraction of sp³-hybridized carbons (Fsp3) is 0.0769. The molecule has 0 radical (unpaired) electrons. The van der Waals surface area contributed by atoms with Gasteiger partial charge in [-0.15, -0.1) is 5.10 Å². The molecular formula is C13H11N5O. The number of hydrogen-bond donors (Lipinski definition) is 1. The van der Waals surface area contributed by atoms with E-state index < -0.39 is 0 Å². The Morgan fingerprint density at radius 2 is 2.11 bits per heavy atom. The van der Waals surface area contributed by atoms with Crippen molar-refractivity contribution < 1.29 is 4.79 Å². The lowest BCUT2D eigenvalue weighted by molar-refractivity contribution is 0.102. The first kappa shape index (κ1) is 11.3. The van der Waals surface area contributed by atoms with E-state index in [1.54, 1.807) is 19.4 Å². The van der Waals surface area contributed by atoms with Crippen molar-refractivity contribution in [2.45, 2.75) is 0 Å². The van der Waals surface area contributed by atoms with Crippen LogP contribution in [0.15, 0.2) is 42.7 Å². The average molecular weight is 253 g/mol. The topological polar surface area (TPSA) is 72.7 Å². The van der Waals surface area contributed by atoms with Crippen LogP contribution in [0.25, 0.3) is 10.9 Å². The maximum absolute atomic E-state index is 12.0. The summed E-state index contributed by atoms with van der Waals surface area (Å²) in [4.78, 5) is 16.3. The predicted molar refractivity (Wildman–Crippen MR) is 70.7 cm³/mol. The Bertz CT molecular complexity index is 744. The molecule has 0 unspecified atom stereocenters. The van der Waals surface area contributed by atoms with E-state index in [0.717, 1.165) is 10.9 Å². The SMILES string of the molecule is Cn1cc(C(=O)Nc2cccc3cccnc23)nn1. The largest absolute Gasteiger partial charge is 0.319 e. The van der Waals surface area contributed by atoms with Gasteiger partial charge in [0.05, 0.1) is 17.4 Å². The Labute approximate surface area is 109 Å². The molecule has 6 heteroatoms. The van der Waals surface area contributed by atoms with Gasteiger partial charge in [-0.05, 0) is 12.1 Å². The molecule has 0 bridgehead atoms. The Hall–Kier alpha value is -2.76. The van der Waals surface area contributed by atoms with Crippen molar-refractivity contribution in [3.8, 4) is 0 Å². The third-order valence-corrected chi connectivity index (χ3v) is 2.72. The second kappa shape index (κ2) is 4.49. The van der Waals surface area contributed by atoms with E-state index in [9.17, 15) is 4.79 Å². The number of aryl methyl sites for hydroxylation is 1. The molecule has 0 saturated carbocycles. The Balaban J connectivity index is 1.95. The number of aromatic nitrogens is 4. The first-order valence-electron chi connectivity index (χ1n) is 5.75. The molecule has 6 nitrogen and oxygen atoms in total. The molecule has 94 valence electrons. The number of rotatable bonds is 2. The van der Waals surface area contributed by atoms with Crippen molar-refractivity contribution in [2.24, 2.45) is 7.05 Å². The van der Waals surface area contributed by atoms with Gasteiger partial charge in [-0.2, -0.15) is 0 Å². The molecule has 0 aliphatic carbocycles. The van der Waals surface area contributed by atoms with Crippen LogP contribution < -0.4 is 5.32 Å². The number of amides is 1. The fourth-order valence-electron chi connectivity index (χ4n) is 1.84. The van der Waals surface area contributed by atoms with Crippen molar-refractivity contribution in [3.05, 3.63) is 48.4 Å². The van der Waals surface area contributed by atoms with Crippen LogP contribution in [0.5, 0.6) is 0 Å². The van der Waals surface area contributed by atoms with Crippen LogP contribution in [0, 0.1) is 0 Å². The van der Waals surface area contributed by atoms with E-state index >= 15 is 0 Å². The van der Waals surface area contributed by atoms with Crippen LogP contribution in [0.4, 0.5) is 5.69 Å². The average Bonchev–Trinajstić information content (AvgIpc) is 2.86. The second-order valence-electron chi connectivity index (χ2n) is 4.11. The predicted octanol–water partition coefficient (Wildman–Crippen LogP) is 1.62. The maximum Gasteiger partial charge on any atom is 0.277 e. The summed E-state index contributed by atoms with van der Waals surface area (Å²) >= 11 is 0. The number of nitrogens with one attached hydrogen (secondary N) is 1. The fourth-order valence-corrected chi connectivity index (χ4v) is 1.84. The molecule has 0 fully saturated rings. The van der Waals surface area contributed by atoms with E-state index in [-0.39, 0.29) is 11.6 Å². The molecule has 19 heavy (non-hydrogen) atoms. The van der Waals surface area contributed by atoms with Gasteiger partial charge >= 0.3 is 0 Å². The number of carbonyl (C=O) groups is 1. The molecule has 3 aromatic rings. The molecule has 3 rings (SSSR count). The minimum Gasteiger partial charge on any atom is -0.319 e. The lowest BCUT2D eigenvalue weighted by atomic mass is 10.2. The van der Waals surface area contributed by atoms with Crippen LogP contribution in [0.2, 0.25) is 0 Å². The minimum atomic E-state index is -0.300. The monoisotopic (exact) mass is 253 g/mol. The van der Waals surface area contributed by atoms with Crippen LogP contribution in [0.3, 0.4) is 0 Å². The van der Waals surface area contributed by atoms with Gasteiger partial charge in [0.1, 0.15) is 0 Å². The molecule has 1 aromatic carbocycles. The summed E-state index contributed by atoms with van der Waals surface area (Å²) < 4.78 is 1.48. The summed E-state index contributed by atoms with van der Waals surface area (Å²) in [5.41, 5.74) is 1.69. The highest BCUT2D eigenvalue weighted by atomic mass is 16.2. The molecule has 1 amide bonds. The number of hydrogen-bond acceptors (Lipinski definition) is 4. The van der Waals surface area contributed by atoms with Crippen LogP contribution in [-0.2, 0) is 7.05 Å². The smallest absolute Gasteiger partial charge is 0.277 e. The van der Waals surface area contributed by atoms with Crippen molar-refractivity contribution >= 4 is 22.5 Å². The normalized spacial score (nSPS) is 10.6.